The van der Waals surface area contributed by atoms with E-state index >= 15 is 0 Å². The fourth-order valence-electron chi connectivity index (χ4n) is 2.13. The molecule has 4 N–H and O–H groups in total. The van der Waals surface area contributed by atoms with Crippen LogP contribution in [0.5, 0.6) is 0 Å². The smallest absolute Gasteiger partial charge is 0.351 e. The molecule has 2 heterocycles. The van der Waals surface area contributed by atoms with Gasteiger partial charge in [0.05, 0.1) is 0 Å². The average Bonchev–Trinajstić information content (AvgIpc) is 2.43. The molecule has 1 unspecified atom stereocenters. The van der Waals surface area contributed by atoms with Crippen molar-refractivity contribution >= 4 is 11.8 Å². The van der Waals surface area contributed by atoms with Gasteiger partial charge in [0.15, 0.2) is 5.84 Å². The molecule has 1 atom stereocenters. The van der Waals surface area contributed by atoms with Crippen LogP contribution < -0.4 is 16.4 Å². The van der Waals surface area contributed by atoms with Crippen molar-refractivity contribution in [3.05, 3.63) is 29.6 Å². The Morgan fingerprint density at radius 3 is 2.15 bits per heavy atom. The molecule has 26 heavy (non-hydrogen) atoms. The summed E-state index contributed by atoms with van der Waals surface area (Å²) in [6.45, 7) is 11.4. The predicted molar refractivity (Wildman–Crippen MR) is 95.6 cm³/mol. The van der Waals surface area contributed by atoms with Gasteiger partial charge in [-0.15, -0.1) is 0 Å². The second-order valence-electron chi connectivity index (χ2n) is 8.30. The lowest BCUT2D eigenvalue weighted by molar-refractivity contribution is -0.141. The predicted octanol–water partition coefficient (Wildman–Crippen LogP) is 2.85. The Kier molecular flexibility index (Phi) is 4.82. The summed E-state index contributed by atoms with van der Waals surface area (Å²) < 4.78 is 39.0. The lowest BCUT2D eigenvalue weighted by atomic mass is 9.87. The van der Waals surface area contributed by atoms with Crippen molar-refractivity contribution in [2.45, 2.75) is 59.0 Å². The van der Waals surface area contributed by atoms with Crippen LogP contribution in [-0.2, 0) is 6.18 Å². The number of halogens is 3. The fourth-order valence-corrected chi connectivity index (χ4v) is 2.13. The van der Waals surface area contributed by atoms with Crippen molar-refractivity contribution in [3.63, 3.8) is 0 Å². The van der Waals surface area contributed by atoms with E-state index in [0.29, 0.717) is 5.96 Å². The summed E-state index contributed by atoms with van der Waals surface area (Å²) in [5, 5.41) is 6.07. The number of aromatic nitrogens is 1. The van der Waals surface area contributed by atoms with E-state index < -0.39 is 23.1 Å². The molecule has 1 aromatic heterocycles. The van der Waals surface area contributed by atoms with E-state index in [1.165, 1.54) is 12.1 Å². The van der Waals surface area contributed by atoms with Crippen LogP contribution in [0.2, 0.25) is 0 Å². The zero-order chi connectivity index (χ0) is 20.0. The van der Waals surface area contributed by atoms with Gasteiger partial charge in [-0.3, -0.25) is 5.73 Å². The van der Waals surface area contributed by atoms with Crippen molar-refractivity contribution in [1.82, 2.24) is 15.6 Å². The minimum Gasteiger partial charge on any atom is -0.351 e. The number of amidine groups is 1. The lowest BCUT2D eigenvalue weighted by Crippen LogP contribution is -2.59. The summed E-state index contributed by atoms with van der Waals surface area (Å²) >= 11 is 0. The summed E-state index contributed by atoms with van der Waals surface area (Å²) in [5.74, 6) is -0.897. The molecule has 0 aromatic carbocycles. The normalized spacial score (nSPS) is 21.6. The number of hydrogen-bond donors (Lipinski definition) is 3. The first-order valence-electron chi connectivity index (χ1n) is 8.19. The van der Waals surface area contributed by atoms with E-state index in [4.69, 9.17) is 5.73 Å². The topological polar surface area (TPSA) is 87.7 Å². The van der Waals surface area contributed by atoms with Gasteiger partial charge in [-0.2, -0.15) is 13.2 Å². The van der Waals surface area contributed by atoms with Gasteiger partial charge in [-0.05, 0) is 32.9 Å². The van der Waals surface area contributed by atoms with Gasteiger partial charge >= 0.3 is 6.18 Å². The van der Waals surface area contributed by atoms with E-state index in [1.807, 2.05) is 41.5 Å². The summed E-state index contributed by atoms with van der Waals surface area (Å²) in [6, 6.07) is 3.65. The van der Waals surface area contributed by atoms with Crippen molar-refractivity contribution in [1.29, 1.82) is 0 Å². The Hall–Kier alpha value is -2.16. The first-order chi connectivity index (χ1) is 11.6. The number of rotatable bonds is 1. The molecule has 0 aliphatic carbocycles. The van der Waals surface area contributed by atoms with Crippen LogP contribution in [0.25, 0.3) is 0 Å². The maximum atomic E-state index is 13.0. The minimum atomic E-state index is -4.55. The van der Waals surface area contributed by atoms with Crippen LogP contribution in [0.4, 0.5) is 13.2 Å². The Balaban J connectivity index is 2.52. The molecule has 0 bridgehead atoms. The second-order valence-corrected chi connectivity index (χ2v) is 8.30. The van der Waals surface area contributed by atoms with E-state index in [9.17, 15) is 13.2 Å². The number of guanidine groups is 1. The van der Waals surface area contributed by atoms with Crippen molar-refractivity contribution < 1.29 is 13.2 Å². The van der Waals surface area contributed by atoms with Crippen LogP contribution >= 0.6 is 0 Å². The summed E-state index contributed by atoms with van der Waals surface area (Å²) in [6.07, 6.45) is -4.55. The van der Waals surface area contributed by atoms with Crippen LogP contribution in [-0.4, -0.2) is 28.1 Å². The molecule has 2 rings (SSSR count). The van der Waals surface area contributed by atoms with Gasteiger partial charge in [-0.1, -0.05) is 26.8 Å². The molecule has 0 radical (unpaired) electrons. The van der Waals surface area contributed by atoms with Crippen LogP contribution in [0.3, 0.4) is 0 Å². The van der Waals surface area contributed by atoms with Crippen molar-refractivity contribution in [2.75, 3.05) is 0 Å². The molecule has 1 aromatic rings. The number of nitrogens with zero attached hydrogens (tertiary/aromatic N) is 3. The highest BCUT2D eigenvalue weighted by Crippen LogP contribution is 2.33. The SMILES string of the molecule is CC(C)(C)NC1=NC(N)(C(C)(C)C)N=C(c2cccc(C(F)(F)F)n2)N1. The Bertz CT molecular complexity index is 740. The van der Waals surface area contributed by atoms with Gasteiger partial charge < -0.3 is 10.6 Å². The molecule has 0 saturated heterocycles. The molecular weight excluding hydrogens is 345 g/mol. The zero-order valence-electron chi connectivity index (χ0n) is 15.8. The lowest BCUT2D eigenvalue weighted by Gasteiger charge is -2.39. The zero-order valence-corrected chi connectivity index (χ0v) is 15.8. The van der Waals surface area contributed by atoms with Crippen LogP contribution in [0.1, 0.15) is 52.9 Å². The van der Waals surface area contributed by atoms with Gasteiger partial charge in [0, 0.05) is 11.0 Å². The van der Waals surface area contributed by atoms with E-state index in [2.05, 4.69) is 25.6 Å². The van der Waals surface area contributed by atoms with E-state index in [-0.39, 0.29) is 17.1 Å². The maximum absolute atomic E-state index is 13.0. The number of pyridine rings is 1. The van der Waals surface area contributed by atoms with Gasteiger partial charge in [0.1, 0.15) is 11.4 Å². The summed E-state index contributed by atoms with van der Waals surface area (Å²) in [7, 11) is 0. The molecule has 1 aliphatic rings. The van der Waals surface area contributed by atoms with Crippen molar-refractivity contribution in [2.24, 2.45) is 21.1 Å². The second kappa shape index (κ2) is 6.22. The van der Waals surface area contributed by atoms with Gasteiger partial charge in [-0.25, -0.2) is 15.0 Å². The van der Waals surface area contributed by atoms with Gasteiger partial charge in [0.2, 0.25) is 11.7 Å². The monoisotopic (exact) mass is 370 g/mol. The van der Waals surface area contributed by atoms with Crippen LogP contribution in [0, 0.1) is 5.41 Å². The average molecular weight is 370 g/mol. The molecule has 0 saturated carbocycles. The third kappa shape index (κ3) is 4.51. The largest absolute Gasteiger partial charge is 0.433 e. The third-order valence-corrected chi connectivity index (χ3v) is 3.68. The minimum absolute atomic E-state index is 0.0435. The highest BCUT2D eigenvalue weighted by atomic mass is 19.4. The van der Waals surface area contributed by atoms with E-state index in [1.54, 1.807) is 0 Å². The van der Waals surface area contributed by atoms with Crippen molar-refractivity contribution in [3.8, 4) is 0 Å². The fraction of sp³-hybridized carbons (Fsp3) is 0.588. The van der Waals surface area contributed by atoms with E-state index in [0.717, 1.165) is 6.07 Å². The Morgan fingerprint density at radius 1 is 1.04 bits per heavy atom. The number of nitrogens with one attached hydrogen (secondary N) is 2. The highest BCUT2D eigenvalue weighted by molar-refractivity contribution is 6.09. The highest BCUT2D eigenvalue weighted by Gasteiger charge is 2.42. The standard InChI is InChI=1S/C17H25F3N6/c1-14(2,3)17(21)24-12(23-13(26-17)25-15(4,5)6)10-8-7-9-11(22-10)16(18,19)20/h7-9H,21H2,1-6H3,(H2,23,24,25,26). The molecule has 6 nitrogen and oxygen atoms in total. The summed E-state index contributed by atoms with van der Waals surface area (Å²) in [4.78, 5) is 12.5. The maximum Gasteiger partial charge on any atom is 0.433 e. The first-order valence-corrected chi connectivity index (χ1v) is 8.19. The van der Waals surface area contributed by atoms with Gasteiger partial charge in [0.25, 0.3) is 0 Å². The molecule has 0 fully saturated rings. The summed E-state index contributed by atoms with van der Waals surface area (Å²) in [5.41, 5.74) is 4.53. The number of hydrogen-bond acceptors (Lipinski definition) is 6. The number of aliphatic imine (C=N–C) groups is 2. The number of nitrogens with two attached hydrogens (primary N) is 1. The molecule has 0 spiro atoms. The molecular formula is C17H25F3N6. The quantitative estimate of drug-likeness (QED) is 0.709. The third-order valence-electron chi connectivity index (χ3n) is 3.68. The molecule has 1 aliphatic heterocycles. The van der Waals surface area contributed by atoms with Crippen LogP contribution in [0.15, 0.2) is 28.2 Å². The molecule has 0 amide bonds. The first kappa shape index (κ1) is 20.2. The molecule has 144 valence electrons. The number of alkyl halides is 3. The molecule has 9 heteroatoms. The Labute approximate surface area is 151 Å². The Morgan fingerprint density at radius 2 is 1.65 bits per heavy atom.